The fraction of sp³-hybridized carbons (Fsp3) is 0.444. The summed E-state index contributed by atoms with van der Waals surface area (Å²) in [6.07, 6.45) is 4.57. The summed E-state index contributed by atoms with van der Waals surface area (Å²) in [6.45, 7) is 5.81. The number of carbonyl (C=O) groups excluding carboxylic acids is 1. The molecule has 0 aliphatic carbocycles. The molecule has 3 rings (SSSR count). The third-order valence-corrected chi connectivity index (χ3v) is 4.45. The first-order valence-electron chi connectivity index (χ1n) is 8.22. The van der Waals surface area contributed by atoms with Gasteiger partial charge in [-0.1, -0.05) is 13.8 Å². The number of nitrogens with zero attached hydrogens (tertiary/aromatic N) is 3. The Bertz CT molecular complexity index is 693. The summed E-state index contributed by atoms with van der Waals surface area (Å²) in [7, 11) is 0. The number of carbonyl (C=O) groups is 1. The van der Waals surface area contributed by atoms with Crippen molar-refractivity contribution in [2.24, 2.45) is 5.92 Å². The Labute approximate surface area is 135 Å². The SMILES string of the molecule is CCc1c(C(=O)N2CCC[C@H](C)C2)cnn1-c1ccc(F)cc1. The van der Waals surface area contributed by atoms with E-state index in [0.717, 1.165) is 30.9 Å². The first-order chi connectivity index (χ1) is 11.1. The second-order valence-electron chi connectivity index (χ2n) is 6.25. The molecule has 2 aromatic rings. The minimum atomic E-state index is -0.280. The zero-order valence-electron chi connectivity index (χ0n) is 13.6. The van der Waals surface area contributed by atoms with Gasteiger partial charge in [-0.25, -0.2) is 9.07 Å². The van der Waals surface area contributed by atoms with E-state index < -0.39 is 0 Å². The highest BCUT2D eigenvalue weighted by Crippen LogP contribution is 2.21. The van der Waals surface area contributed by atoms with Crippen molar-refractivity contribution in [3.8, 4) is 5.69 Å². The topological polar surface area (TPSA) is 38.1 Å². The molecule has 0 saturated carbocycles. The van der Waals surface area contributed by atoms with Gasteiger partial charge in [0.2, 0.25) is 0 Å². The van der Waals surface area contributed by atoms with Crippen molar-refractivity contribution in [1.82, 2.24) is 14.7 Å². The Balaban J connectivity index is 1.91. The second kappa shape index (κ2) is 6.52. The van der Waals surface area contributed by atoms with E-state index >= 15 is 0 Å². The number of piperidine rings is 1. The highest BCUT2D eigenvalue weighted by molar-refractivity contribution is 5.95. The molecule has 23 heavy (non-hydrogen) atoms. The number of aromatic nitrogens is 2. The molecule has 1 aliphatic rings. The summed E-state index contributed by atoms with van der Waals surface area (Å²) in [5.74, 6) is 0.323. The van der Waals surface area contributed by atoms with Crippen molar-refractivity contribution < 1.29 is 9.18 Å². The zero-order valence-corrected chi connectivity index (χ0v) is 13.6. The van der Waals surface area contributed by atoms with Crippen LogP contribution < -0.4 is 0 Å². The van der Waals surface area contributed by atoms with Gasteiger partial charge in [-0.05, 0) is 49.4 Å². The van der Waals surface area contributed by atoms with Gasteiger partial charge in [-0.15, -0.1) is 0 Å². The highest BCUT2D eigenvalue weighted by atomic mass is 19.1. The van der Waals surface area contributed by atoms with Crippen molar-refractivity contribution in [3.63, 3.8) is 0 Å². The molecule has 5 heteroatoms. The fourth-order valence-corrected chi connectivity index (χ4v) is 3.24. The maximum atomic E-state index is 13.1. The summed E-state index contributed by atoms with van der Waals surface area (Å²) < 4.78 is 14.8. The van der Waals surface area contributed by atoms with E-state index in [1.807, 2.05) is 11.8 Å². The van der Waals surface area contributed by atoms with Crippen LogP contribution in [-0.4, -0.2) is 33.7 Å². The molecule has 0 radical (unpaired) electrons. The Morgan fingerprint density at radius 3 is 2.74 bits per heavy atom. The van der Waals surface area contributed by atoms with Crippen molar-refractivity contribution in [2.45, 2.75) is 33.1 Å². The predicted molar refractivity (Wildman–Crippen MR) is 87.2 cm³/mol. The average Bonchev–Trinajstić information content (AvgIpc) is 2.98. The van der Waals surface area contributed by atoms with Gasteiger partial charge < -0.3 is 4.90 Å². The largest absolute Gasteiger partial charge is 0.338 e. The minimum absolute atomic E-state index is 0.0572. The average molecular weight is 315 g/mol. The van der Waals surface area contributed by atoms with Crippen LogP contribution in [0.2, 0.25) is 0 Å². The van der Waals surface area contributed by atoms with Crippen LogP contribution in [0.4, 0.5) is 4.39 Å². The van der Waals surface area contributed by atoms with Gasteiger partial charge in [-0.2, -0.15) is 5.10 Å². The number of hydrogen-bond donors (Lipinski definition) is 0. The van der Waals surface area contributed by atoms with E-state index in [2.05, 4.69) is 12.0 Å². The first-order valence-corrected chi connectivity index (χ1v) is 8.22. The van der Waals surface area contributed by atoms with Gasteiger partial charge in [0.1, 0.15) is 5.82 Å². The van der Waals surface area contributed by atoms with Crippen molar-refractivity contribution >= 4 is 5.91 Å². The summed E-state index contributed by atoms with van der Waals surface area (Å²) in [6, 6.07) is 6.17. The van der Waals surface area contributed by atoms with E-state index in [-0.39, 0.29) is 11.7 Å². The summed E-state index contributed by atoms with van der Waals surface area (Å²) in [5, 5.41) is 4.37. The molecule has 1 amide bonds. The van der Waals surface area contributed by atoms with Crippen LogP contribution in [-0.2, 0) is 6.42 Å². The van der Waals surface area contributed by atoms with E-state index in [1.54, 1.807) is 23.0 Å². The number of halogens is 1. The molecule has 1 aromatic carbocycles. The molecule has 0 N–H and O–H groups in total. The van der Waals surface area contributed by atoms with Gasteiger partial charge in [0, 0.05) is 13.1 Å². The molecule has 0 spiro atoms. The Hall–Kier alpha value is -2.17. The molecule has 122 valence electrons. The van der Waals surface area contributed by atoms with Crippen LogP contribution in [0.25, 0.3) is 5.69 Å². The number of likely N-dealkylation sites (tertiary alicyclic amines) is 1. The Morgan fingerprint density at radius 1 is 1.35 bits per heavy atom. The van der Waals surface area contributed by atoms with Crippen molar-refractivity contribution in [1.29, 1.82) is 0 Å². The maximum Gasteiger partial charge on any atom is 0.257 e. The summed E-state index contributed by atoms with van der Waals surface area (Å²) in [5.41, 5.74) is 2.31. The first kappa shape index (κ1) is 15.7. The normalized spacial score (nSPS) is 18.2. The van der Waals surface area contributed by atoms with E-state index in [9.17, 15) is 9.18 Å². The summed E-state index contributed by atoms with van der Waals surface area (Å²) >= 11 is 0. The van der Waals surface area contributed by atoms with Gasteiger partial charge >= 0.3 is 0 Å². The highest BCUT2D eigenvalue weighted by Gasteiger charge is 2.25. The Kier molecular flexibility index (Phi) is 4.46. The molecular weight excluding hydrogens is 293 g/mol. The molecular formula is C18H22FN3O. The molecule has 2 heterocycles. The lowest BCUT2D eigenvalue weighted by Crippen LogP contribution is -2.39. The van der Waals surface area contributed by atoms with Crippen LogP contribution in [0.15, 0.2) is 30.5 Å². The smallest absolute Gasteiger partial charge is 0.257 e. The number of benzene rings is 1. The standard InChI is InChI=1S/C18H22FN3O/c1-3-17-16(18(23)21-10-4-5-13(2)12-21)11-20-22(17)15-8-6-14(19)7-9-15/h6-9,11,13H,3-5,10,12H2,1-2H3/t13-/m0/s1. The minimum Gasteiger partial charge on any atom is -0.338 e. The van der Waals surface area contributed by atoms with Crippen LogP contribution in [0.5, 0.6) is 0 Å². The Morgan fingerprint density at radius 2 is 2.09 bits per heavy atom. The molecule has 1 aromatic heterocycles. The third-order valence-electron chi connectivity index (χ3n) is 4.45. The molecule has 4 nitrogen and oxygen atoms in total. The summed E-state index contributed by atoms with van der Waals surface area (Å²) in [4.78, 5) is 14.8. The molecule has 0 unspecified atom stereocenters. The molecule has 1 atom stereocenters. The lowest BCUT2D eigenvalue weighted by Gasteiger charge is -2.30. The fourth-order valence-electron chi connectivity index (χ4n) is 3.24. The third kappa shape index (κ3) is 3.14. The van der Waals surface area contributed by atoms with Gasteiger partial charge in [0.25, 0.3) is 5.91 Å². The zero-order chi connectivity index (χ0) is 16.4. The van der Waals surface area contributed by atoms with Crippen LogP contribution in [0, 0.1) is 11.7 Å². The van der Waals surface area contributed by atoms with Crippen molar-refractivity contribution in [2.75, 3.05) is 13.1 Å². The van der Waals surface area contributed by atoms with Gasteiger partial charge in [-0.3, -0.25) is 4.79 Å². The maximum absolute atomic E-state index is 13.1. The number of hydrogen-bond acceptors (Lipinski definition) is 2. The predicted octanol–water partition coefficient (Wildman–Crippen LogP) is 3.45. The lowest BCUT2D eigenvalue weighted by atomic mass is 9.99. The van der Waals surface area contributed by atoms with Gasteiger partial charge in [0.15, 0.2) is 0 Å². The van der Waals surface area contributed by atoms with E-state index in [4.69, 9.17) is 0 Å². The van der Waals surface area contributed by atoms with Crippen LogP contribution in [0.3, 0.4) is 0 Å². The quantitative estimate of drug-likeness (QED) is 0.870. The van der Waals surface area contributed by atoms with Crippen LogP contribution in [0.1, 0.15) is 42.7 Å². The molecule has 1 aliphatic heterocycles. The molecule has 1 saturated heterocycles. The van der Waals surface area contributed by atoms with Crippen LogP contribution >= 0.6 is 0 Å². The molecule has 1 fully saturated rings. The van der Waals surface area contributed by atoms with E-state index in [0.29, 0.717) is 17.9 Å². The monoisotopic (exact) mass is 315 g/mol. The van der Waals surface area contributed by atoms with Gasteiger partial charge in [0.05, 0.1) is 23.1 Å². The number of amides is 1. The van der Waals surface area contributed by atoms with Crippen molar-refractivity contribution in [3.05, 3.63) is 47.5 Å². The lowest BCUT2D eigenvalue weighted by molar-refractivity contribution is 0.0682. The molecule has 0 bridgehead atoms. The second-order valence-corrected chi connectivity index (χ2v) is 6.25. The number of rotatable bonds is 3. The van der Waals surface area contributed by atoms with E-state index in [1.165, 1.54) is 18.6 Å².